The van der Waals surface area contributed by atoms with E-state index in [2.05, 4.69) is 15.9 Å². The Hall–Kier alpha value is -1.59. The summed E-state index contributed by atoms with van der Waals surface area (Å²) in [4.78, 5) is 10.3. The third-order valence-corrected chi connectivity index (χ3v) is 4.02. The van der Waals surface area contributed by atoms with Crippen LogP contribution in [0.5, 0.6) is 5.75 Å². The monoisotopic (exact) mass is 369 g/mol. The molecule has 2 aromatic carbocycles. The molecule has 0 aliphatic rings. The topological polar surface area (TPSA) is 52.4 Å². The highest BCUT2D eigenvalue weighted by Gasteiger charge is 2.10. The minimum atomic E-state index is -0.430. The first-order valence-corrected chi connectivity index (χ1v) is 7.55. The maximum atomic E-state index is 10.7. The quantitative estimate of drug-likeness (QED) is 0.423. The fraction of sp³-hybridized carbons (Fsp3) is 0.200. The van der Waals surface area contributed by atoms with Crippen molar-refractivity contribution in [2.24, 2.45) is 0 Å². The molecule has 0 heterocycles. The van der Waals surface area contributed by atoms with Gasteiger partial charge in [-0.2, -0.15) is 0 Å². The molecule has 2 rings (SSSR count). The molecule has 21 heavy (non-hydrogen) atoms. The zero-order valence-corrected chi connectivity index (χ0v) is 13.6. The van der Waals surface area contributed by atoms with Gasteiger partial charge in [0, 0.05) is 27.7 Å². The number of aryl methyl sites for hydroxylation is 1. The molecule has 6 heteroatoms. The van der Waals surface area contributed by atoms with Gasteiger partial charge in [0.2, 0.25) is 0 Å². The number of ether oxygens (including phenoxy) is 1. The molecular formula is C15H13BrClNO3. The Kier molecular flexibility index (Phi) is 5.20. The van der Waals surface area contributed by atoms with Gasteiger partial charge in [-0.1, -0.05) is 33.6 Å². The summed E-state index contributed by atoms with van der Waals surface area (Å²) in [5.41, 5.74) is 2.92. The number of nitrogens with zero attached hydrogens (tertiary/aromatic N) is 1. The Morgan fingerprint density at radius 3 is 2.62 bits per heavy atom. The molecule has 0 atom stereocenters. The standard InChI is InChI=1S/C15H13BrClNO3/c1-10-2-5-15(12(6-10)8-17)21-9-11-3-4-13(18(19)20)7-14(11)16/h2-7H,8-9H2,1H3. The first kappa shape index (κ1) is 15.8. The van der Waals surface area contributed by atoms with E-state index in [1.54, 1.807) is 6.07 Å². The average molecular weight is 371 g/mol. The smallest absolute Gasteiger partial charge is 0.270 e. The SMILES string of the molecule is Cc1ccc(OCc2ccc([N+](=O)[O-])cc2Br)c(CCl)c1. The fourth-order valence-corrected chi connectivity index (χ4v) is 2.57. The van der Waals surface area contributed by atoms with Crippen LogP contribution in [-0.4, -0.2) is 4.92 Å². The van der Waals surface area contributed by atoms with E-state index in [0.717, 1.165) is 22.4 Å². The van der Waals surface area contributed by atoms with Crippen LogP contribution in [0, 0.1) is 17.0 Å². The van der Waals surface area contributed by atoms with Crippen molar-refractivity contribution in [3.8, 4) is 5.75 Å². The van der Waals surface area contributed by atoms with Crippen molar-refractivity contribution in [1.82, 2.24) is 0 Å². The summed E-state index contributed by atoms with van der Waals surface area (Å²) < 4.78 is 6.42. The van der Waals surface area contributed by atoms with Crippen LogP contribution in [0.2, 0.25) is 0 Å². The Balaban J connectivity index is 2.15. The molecule has 0 radical (unpaired) electrons. The molecule has 0 amide bonds. The van der Waals surface area contributed by atoms with Gasteiger partial charge in [0.05, 0.1) is 10.8 Å². The summed E-state index contributed by atoms with van der Waals surface area (Å²) in [7, 11) is 0. The molecule has 0 bridgehead atoms. The van der Waals surface area contributed by atoms with E-state index in [4.69, 9.17) is 16.3 Å². The second-order valence-corrected chi connectivity index (χ2v) is 5.69. The molecule has 110 valence electrons. The normalized spacial score (nSPS) is 10.4. The van der Waals surface area contributed by atoms with E-state index in [9.17, 15) is 10.1 Å². The lowest BCUT2D eigenvalue weighted by Gasteiger charge is -2.11. The molecule has 0 N–H and O–H groups in total. The van der Waals surface area contributed by atoms with E-state index < -0.39 is 4.92 Å². The largest absolute Gasteiger partial charge is 0.489 e. The number of nitro benzene ring substituents is 1. The third-order valence-electron chi connectivity index (χ3n) is 2.99. The molecule has 0 saturated carbocycles. The minimum absolute atomic E-state index is 0.0439. The molecule has 4 nitrogen and oxygen atoms in total. The van der Waals surface area contributed by atoms with Crippen LogP contribution >= 0.6 is 27.5 Å². The van der Waals surface area contributed by atoms with Gasteiger partial charge in [-0.25, -0.2) is 0 Å². The first-order chi connectivity index (χ1) is 10.0. The van der Waals surface area contributed by atoms with E-state index >= 15 is 0 Å². The lowest BCUT2D eigenvalue weighted by atomic mass is 10.1. The zero-order chi connectivity index (χ0) is 15.4. The molecule has 2 aromatic rings. The van der Waals surface area contributed by atoms with Crippen molar-refractivity contribution in [2.75, 3.05) is 0 Å². The van der Waals surface area contributed by atoms with Crippen molar-refractivity contribution in [3.63, 3.8) is 0 Å². The lowest BCUT2D eigenvalue weighted by Crippen LogP contribution is -2.00. The molecule has 0 aromatic heterocycles. The molecule has 0 fully saturated rings. The van der Waals surface area contributed by atoms with Crippen LogP contribution in [-0.2, 0) is 12.5 Å². The molecule has 0 unspecified atom stereocenters. The maximum Gasteiger partial charge on any atom is 0.270 e. The number of nitro groups is 1. The number of benzene rings is 2. The minimum Gasteiger partial charge on any atom is -0.489 e. The first-order valence-electron chi connectivity index (χ1n) is 6.22. The number of halogens is 2. The lowest BCUT2D eigenvalue weighted by molar-refractivity contribution is -0.384. The highest BCUT2D eigenvalue weighted by Crippen LogP contribution is 2.26. The van der Waals surface area contributed by atoms with Gasteiger partial charge in [-0.05, 0) is 19.1 Å². The van der Waals surface area contributed by atoms with Crippen molar-refractivity contribution in [3.05, 3.63) is 67.7 Å². The number of alkyl halides is 1. The summed E-state index contributed by atoms with van der Waals surface area (Å²) in [6, 6.07) is 10.4. The second kappa shape index (κ2) is 6.91. The highest BCUT2D eigenvalue weighted by atomic mass is 79.9. The van der Waals surface area contributed by atoms with Gasteiger partial charge in [0.25, 0.3) is 5.69 Å². The van der Waals surface area contributed by atoms with Crippen molar-refractivity contribution in [1.29, 1.82) is 0 Å². The van der Waals surface area contributed by atoms with Gasteiger partial charge in [0.1, 0.15) is 12.4 Å². The van der Waals surface area contributed by atoms with Crippen molar-refractivity contribution < 1.29 is 9.66 Å². The van der Waals surface area contributed by atoms with E-state index in [0.29, 0.717) is 17.0 Å². The number of non-ortho nitro benzene ring substituents is 1. The Morgan fingerprint density at radius 2 is 2.00 bits per heavy atom. The van der Waals surface area contributed by atoms with Crippen molar-refractivity contribution in [2.45, 2.75) is 19.4 Å². The maximum absolute atomic E-state index is 10.7. The van der Waals surface area contributed by atoms with Gasteiger partial charge >= 0.3 is 0 Å². The predicted molar refractivity (Wildman–Crippen MR) is 85.9 cm³/mol. The van der Waals surface area contributed by atoms with Crippen molar-refractivity contribution >= 4 is 33.2 Å². The van der Waals surface area contributed by atoms with Gasteiger partial charge in [0.15, 0.2) is 0 Å². The zero-order valence-electron chi connectivity index (χ0n) is 11.3. The fourth-order valence-electron chi connectivity index (χ4n) is 1.88. The number of hydrogen-bond acceptors (Lipinski definition) is 3. The van der Waals surface area contributed by atoms with Crippen LogP contribution in [0.1, 0.15) is 16.7 Å². The van der Waals surface area contributed by atoms with Gasteiger partial charge in [-0.15, -0.1) is 11.6 Å². The van der Waals surface area contributed by atoms with Crippen LogP contribution in [0.3, 0.4) is 0 Å². The van der Waals surface area contributed by atoms with E-state index in [-0.39, 0.29) is 5.69 Å². The number of rotatable bonds is 5. The summed E-state index contributed by atoms with van der Waals surface area (Å²) in [5, 5.41) is 10.7. The average Bonchev–Trinajstić information content (AvgIpc) is 2.46. The predicted octanol–water partition coefficient (Wildman–Crippen LogP) is 4.98. The summed E-state index contributed by atoms with van der Waals surface area (Å²) in [6.07, 6.45) is 0. The summed E-state index contributed by atoms with van der Waals surface area (Å²) in [5.74, 6) is 1.10. The Labute approximate surface area is 136 Å². The van der Waals surface area contributed by atoms with E-state index in [1.807, 2.05) is 25.1 Å². The molecular weight excluding hydrogens is 358 g/mol. The molecule has 0 spiro atoms. The molecule has 0 saturated heterocycles. The van der Waals surface area contributed by atoms with Gasteiger partial charge in [-0.3, -0.25) is 10.1 Å². The Morgan fingerprint density at radius 1 is 1.24 bits per heavy atom. The van der Waals surface area contributed by atoms with Crippen LogP contribution in [0.25, 0.3) is 0 Å². The highest BCUT2D eigenvalue weighted by molar-refractivity contribution is 9.10. The number of hydrogen-bond donors (Lipinski definition) is 0. The summed E-state index contributed by atoms with van der Waals surface area (Å²) >= 11 is 9.23. The van der Waals surface area contributed by atoms with Crippen LogP contribution in [0.15, 0.2) is 40.9 Å². The van der Waals surface area contributed by atoms with Crippen LogP contribution < -0.4 is 4.74 Å². The van der Waals surface area contributed by atoms with Crippen LogP contribution in [0.4, 0.5) is 5.69 Å². The molecule has 0 aliphatic heterocycles. The Bertz CT molecular complexity index is 676. The second-order valence-electron chi connectivity index (χ2n) is 4.57. The van der Waals surface area contributed by atoms with E-state index in [1.165, 1.54) is 12.1 Å². The third kappa shape index (κ3) is 3.95. The van der Waals surface area contributed by atoms with Gasteiger partial charge < -0.3 is 4.74 Å². The molecule has 0 aliphatic carbocycles. The summed E-state index contributed by atoms with van der Waals surface area (Å²) in [6.45, 7) is 2.30.